The Hall–Kier alpha value is -0.570. The van der Waals surface area contributed by atoms with Gasteiger partial charge in [-0.2, -0.15) is 0 Å². The van der Waals surface area contributed by atoms with E-state index >= 15 is 0 Å². The molecule has 12 heavy (non-hydrogen) atoms. The fourth-order valence-electron chi connectivity index (χ4n) is 1.78. The Morgan fingerprint density at radius 3 is 2.67 bits per heavy atom. The van der Waals surface area contributed by atoms with Gasteiger partial charge in [-0.3, -0.25) is 4.79 Å². The first kappa shape index (κ1) is 9.52. The second-order valence-corrected chi connectivity index (χ2v) is 3.61. The number of nitrogens with one attached hydrogen (secondary N) is 1. The SMILES string of the molecule is CC(=O)NC1CCCCCC1N. The topological polar surface area (TPSA) is 55.1 Å². The lowest BCUT2D eigenvalue weighted by Gasteiger charge is -2.21. The Morgan fingerprint density at radius 1 is 1.33 bits per heavy atom. The van der Waals surface area contributed by atoms with Crippen LogP contribution in [-0.4, -0.2) is 18.0 Å². The van der Waals surface area contributed by atoms with Crippen molar-refractivity contribution < 1.29 is 4.79 Å². The van der Waals surface area contributed by atoms with Crippen LogP contribution in [0.25, 0.3) is 0 Å². The number of rotatable bonds is 1. The standard InChI is InChI=1S/C9H18N2O/c1-7(12)11-9-6-4-2-3-5-8(9)10/h8-9H,2-6,10H2,1H3,(H,11,12). The summed E-state index contributed by atoms with van der Waals surface area (Å²) in [5, 5.41) is 2.91. The number of amides is 1. The molecule has 1 amide bonds. The molecular formula is C9H18N2O. The first-order valence-corrected chi connectivity index (χ1v) is 4.73. The molecular weight excluding hydrogens is 152 g/mol. The van der Waals surface area contributed by atoms with Gasteiger partial charge in [-0.15, -0.1) is 0 Å². The smallest absolute Gasteiger partial charge is 0.217 e. The average molecular weight is 170 g/mol. The highest BCUT2D eigenvalue weighted by molar-refractivity contribution is 5.73. The molecule has 0 aromatic heterocycles. The van der Waals surface area contributed by atoms with E-state index in [4.69, 9.17) is 5.73 Å². The third-order valence-corrected chi connectivity index (χ3v) is 2.46. The molecule has 0 spiro atoms. The summed E-state index contributed by atoms with van der Waals surface area (Å²) in [7, 11) is 0. The summed E-state index contributed by atoms with van der Waals surface area (Å²) >= 11 is 0. The highest BCUT2D eigenvalue weighted by atomic mass is 16.1. The molecule has 1 saturated carbocycles. The molecule has 0 aliphatic heterocycles. The molecule has 1 aliphatic rings. The fourth-order valence-corrected chi connectivity index (χ4v) is 1.78. The van der Waals surface area contributed by atoms with Crippen molar-refractivity contribution in [3.63, 3.8) is 0 Å². The third kappa shape index (κ3) is 2.81. The second-order valence-electron chi connectivity index (χ2n) is 3.61. The van der Waals surface area contributed by atoms with Crippen molar-refractivity contribution in [2.75, 3.05) is 0 Å². The molecule has 1 rings (SSSR count). The van der Waals surface area contributed by atoms with E-state index in [-0.39, 0.29) is 18.0 Å². The fraction of sp³-hybridized carbons (Fsp3) is 0.889. The van der Waals surface area contributed by atoms with Gasteiger partial charge in [-0.1, -0.05) is 19.3 Å². The van der Waals surface area contributed by atoms with Crippen LogP contribution in [0, 0.1) is 0 Å². The van der Waals surface area contributed by atoms with Crippen LogP contribution >= 0.6 is 0 Å². The van der Waals surface area contributed by atoms with Crippen LogP contribution in [-0.2, 0) is 4.79 Å². The molecule has 3 heteroatoms. The van der Waals surface area contributed by atoms with Gasteiger partial charge in [0.05, 0.1) is 0 Å². The van der Waals surface area contributed by atoms with Gasteiger partial charge in [0.2, 0.25) is 5.91 Å². The van der Waals surface area contributed by atoms with E-state index in [9.17, 15) is 4.79 Å². The van der Waals surface area contributed by atoms with E-state index in [1.54, 1.807) is 6.92 Å². The highest BCUT2D eigenvalue weighted by Gasteiger charge is 2.20. The minimum Gasteiger partial charge on any atom is -0.352 e. The van der Waals surface area contributed by atoms with E-state index in [2.05, 4.69) is 5.32 Å². The van der Waals surface area contributed by atoms with Crippen LogP contribution in [0.2, 0.25) is 0 Å². The Labute approximate surface area is 73.7 Å². The first-order valence-electron chi connectivity index (χ1n) is 4.73. The van der Waals surface area contributed by atoms with Gasteiger partial charge >= 0.3 is 0 Å². The number of nitrogens with two attached hydrogens (primary N) is 1. The van der Waals surface area contributed by atoms with E-state index in [0.29, 0.717) is 0 Å². The zero-order valence-corrected chi connectivity index (χ0v) is 7.68. The van der Waals surface area contributed by atoms with Gasteiger partial charge in [0.25, 0.3) is 0 Å². The van der Waals surface area contributed by atoms with Crippen LogP contribution in [0.3, 0.4) is 0 Å². The van der Waals surface area contributed by atoms with Gasteiger partial charge in [0, 0.05) is 19.0 Å². The summed E-state index contributed by atoms with van der Waals surface area (Å²) in [4.78, 5) is 10.8. The summed E-state index contributed by atoms with van der Waals surface area (Å²) in [5.41, 5.74) is 5.91. The van der Waals surface area contributed by atoms with Gasteiger partial charge in [-0.25, -0.2) is 0 Å². The van der Waals surface area contributed by atoms with Crippen molar-refractivity contribution in [3.8, 4) is 0 Å². The number of carbonyl (C=O) groups excluding carboxylic acids is 1. The highest BCUT2D eigenvalue weighted by Crippen LogP contribution is 2.16. The molecule has 70 valence electrons. The summed E-state index contributed by atoms with van der Waals surface area (Å²) in [6.07, 6.45) is 5.74. The maximum atomic E-state index is 10.8. The van der Waals surface area contributed by atoms with Crippen molar-refractivity contribution in [2.24, 2.45) is 5.73 Å². The largest absolute Gasteiger partial charge is 0.352 e. The molecule has 0 aromatic carbocycles. The molecule has 3 N–H and O–H groups in total. The van der Waals surface area contributed by atoms with Crippen molar-refractivity contribution in [3.05, 3.63) is 0 Å². The lowest BCUT2D eigenvalue weighted by Crippen LogP contribution is -2.46. The maximum Gasteiger partial charge on any atom is 0.217 e. The van der Waals surface area contributed by atoms with E-state index in [0.717, 1.165) is 12.8 Å². The Bertz CT molecular complexity index is 159. The summed E-state index contributed by atoms with van der Waals surface area (Å²) in [5.74, 6) is 0.0392. The summed E-state index contributed by atoms with van der Waals surface area (Å²) in [6, 6.07) is 0.376. The predicted molar refractivity (Wildman–Crippen MR) is 48.7 cm³/mol. The van der Waals surface area contributed by atoms with Crippen molar-refractivity contribution in [2.45, 2.75) is 51.1 Å². The second kappa shape index (κ2) is 4.45. The summed E-state index contributed by atoms with van der Waals surface area (Å²) in [6.45, 7) is 1.55. The quantitative estimate of drug-likeness (QED) is 0.571. The minimum absolute atomic E-state index is 0.0392. The van der Waals surface area contributed by atoms with Gasteiger partial charge in [-0.05, 0) is 12.8 Å². The van der Waals surface area contributed by atoms with E-state index < -0.39 is 0 Å². The lowest BCUT2D eigenvalue weighted by atomic mass is 10.0. The van der Waals surface area contributed by atoms with Crippen molar-refractivity contribution >= 4 is 5.91 Å². The van der Waals surface area contributed by atoms with E-state index in [1.807, 2.05) is 0 Å². The van der Waals surface area contributed by atoms with Crippen LogP contribution in [0.1, 0.15) is 39.0 Å². The average Bonchev–Trinajstić information content (AvgIpc) is 2.16. The molecule has 1 aliphatic carbocycles. The van der Waals surface area contributed by atoms with E-state index in [1.165, 1.54) is 19.3 Å². The minimum atomic E-state index is 0.0392. The lowest BCUT2D eigenvalue weighted by molar-refractivity contribution is -0.119. The number of hydrogen-bond acceptors (Lipinski definition) is 2. The summed E-state index contributed by atoms with van der Waals surface area (Å²) < 4.78 is 0. The zero-order chi connectivity index (χ0) is 8.97. The molecule has 0 radical (unpaired) electrons. The number of carbonyl (C=O) groups is 1. The molecule has 0 aromatic rings. The molecule has 1 fully saturated rings. The van der Waals surface area contributed by atoms with Crippen LogP contribution in [0.4, 0.5) is 0 Å². The third-order valence-electron chi connectivity index (χ3n) is 2.46. The Morgan fingerprint density at radius 2 is 2.00 bits per heavy atom. The van der Waals surface area contributed by atoms with Crippen LogP contribution in [0.15, 0.2) is 0 Å². The molecule has 0 saturated heterocycles. The number of hydrogen-bond donors (Lipinski definition) is 2. The molecule has 3 nitrogen and oxygen atoms in total. The van der Waals surface area contributed by atoms with Gasteiger partial charge in [0.15, 0.2) is 0 Å². The predicted octanol–water partition coefficient (Wildman–Crippen LogP) is 0.782. The van der Waals surface area contributed by atoms with Crippen LogP contribution < -0.4 is 11.1 Å². The molecule has 2 atom stereocenters. The van der Waals surface area contributed by atoms with Gasteiger partial charge in [0.1, 0.15) is 0 Å². The first-order chi connectivity index (χ1) is 5.70. The van der Waals surface area contributed by atoms with Crippen molar-refractivity contribution in [1.29, 1.82) is 0 Å². The maximum absolute atomic E-state index is 10.8. The molecule has 0 bridgehead atoms. The normalized spacial score (nSPS) is 30.8. The van der Waals surface area contributed by atoms with Crippen LogP contribution in [0.5, 0.6) is 0 Å². The monoisotopic (exact) mass is 170 g/mol. The zero-order valence-electron chi connectivity index (χ0n) is 7.68. The van der Waals surface area contributed by atoms with Gasteiger partial charge < -0.3 is 11.1 Å². The molecule has 0 heterocycles. The Kier molecular flexibility index (Phi) is 3.53. The van der Waals surface area contributed by atoms with Crippen molar-refractivity contribution in [1.82, 2.24) is 5.32 Å². The Balaban J connectivity index is 2.41. The molecule has 2 unspecified atom stereocenters.